The van der Waals surface area contributed by atoms with Gasteiger partial charge < -0.3 is 5.11 Å². The van der Waals surface area contributed by atoms with Crippen LogP contribution in [0.4, 0.5) is 0 Å². The zero-order valence-electron chi connectivity index (χ0n) is 15.8. The highest BCUT2D eigenvalue weighted by molar-refractivity contribution is 6.30. The molecule has 0 amide bonds. The van der Waals surface area contributed by atoms with E-state index in [1.807, 2.05) is 32.0 Å². The summed E-state index contributed by atoms with van der Waals surface area (Å²) in [4.78, 5) is 25.9. The minimum atomic E-state index is -0.192. The quantitative estimate of drug-likeness (QED) is 0.550. The van der Waals surface area contributed by atoms with E-state index >= 15 is 0 Å². The Morgan fingerprint density at radius 2 is 1.86 bits per heavy atom. The molecule has 0 radical (unpaired) electrons. The Morgan fingerprint density at radius 3 is 2.62 bits per heavy atom. The average Bonchev–Trinajstić information content (AvgIpc) is 2.70. The number of aromatic hydroxyl groups is 1. The van der Waals surface area contributed by atoms with Crippen molar-refractivity contribution in [3.63, 3.8) is 0 Å². The van der Waals surface area contributed by atoms with Crippen LogP contribution in [0.3, 0.4) is 0 Å². The maximum Gasteiger partial charge on any atom is 0.266 e. The van der Waals surface area contributed by atoms with Gasteiger partial charge in [-0.25, -0.2) is 9.97 Å². The van der Waals surface area contributed by atoms with Crippen LogP contribution < -0.4 is 5.56 Å². The molecule has 6 nitrogen and oxygen atoms in total. The fraction of sp³-hybridized carbons (Fsp3) is 0.0909. The summed E-state index contributed by atoms with van der Waals surface area (Å²) in [6, 6.07) is 9.10. The van der Waals surface area contributed by atoms with Gasteiger partial charge in [0.1, 0.15) is 5.82 Å². The van der Waals surface area contributed by atoms with Gasteiger partial charge in [0.2, 0.25) is 5.88 Å². The maximum absolute atomic E-state index is 13.4. The summed E-state index contributed by atoms with van der Waals surface area (Å²) in [6.07, 6.45) is 7.78. The predicted octanol–water partition coefficient (Wildman–Crippen LogP) is 4.32. The number of rotatable bonds is 3. The van der Waals surface area contributed by atoms with Crippen molar-refractivity contribution in [3.05, 3.63) is 86.8 Å². The topological polar surface area (TPSA) is 80.9 Å². The van der Waals surface area contributed by atoms with Crippen LogP contribution in [-0.4, -0.2) is 24.6 Å². The molecule has 1 N–H and O–H groups in total. The first-order valence-electron chi connectivity index (χ1n) is 8.91. The Bertz CT molecular complexity index is 1310. The van der Waals surface area contributed by atoms with Crippen LogP contribution in [0.1, 0.15) is 22.5 Å². The third-order valence-electron chi connectivity index (χ3n) is 4.63. The molecular weight excluding hydrogens is 388 g/mol. The highest BCUT2D eigenvalue weighted by Crippen LogP contribution is 2.23. The molecule has 0 aliphatic carbocycles. The molecular formula is C22H17ClN4O2. The van der Waals surface area contributed by atoms with Crippen molar-refractivity contribution in [2.45, 2.75) is 13.8 Å². The lowest BCUT2D eigenvalue weighted by molar-refractivity contribution is 0.452. The highest BCUT2D eigenvalue weighted by atomic mass is 35.5. The van der Waals surface area contributed by atoms with Crippen LogP contribution in [0.25, 0.3) is 28.7 Å². The number of benzene rings is 1. The zero-order valence-corrected chi connectivity index (χ0v) is 16.6. The van der Waals surface area contributed by atoms with Gasteiger partial charge in [0, 0.05) is 18.0 Å². The summed E-state index contributed by atoms with van der Waals surface area (Å²) in [6.45, 7) is 3.90. The van der Waals surface area contributed by atoms with Crippen molar-refractivity contribution in [2.75, 3.05) is 0 Å². The van der Waals surface area contributed by atoms with Gasteiger partial charge in [-0.3, -0.25) is 14.3 Å². The van der Waals surface area contributed by atoms with Gasteiger partial charge in [-0.1, -0.05) is 29.8 Å². The third-order valence-corrected chi connectivity index (χ3v) is 4.84. The van der Waals surface area contributed by atoms with Crippen LogP contribution >= 0.6 is 11.6 Å². The van der Waals surface area contributed by atoms with Gasteiger partial charge in [-0.2, -0.15) is 0 Å². The molecule has 0 bridgehead atoms. The van der Waals surface area contributed by atoms with Crippen molar-refractivity contribution in [1.82, 2.24) is 19.5 Å². The molecule has 4 rings (SSSR count). The number of hydrogen-bond acceptors (Lipinski definition) is 5. The molecule has 4 aromatic rings. The van der Waals surface area contributed by atoms with E-state index in [0.717, 1.165) is 16.8 Å². The second-order valence-electron chi connectivity index (χ2n) is 6.64. The van der Waals surface area contributed by atoms with Gasteiger partial charge in [-0.15, -0.1) is 0 Å². The Hall–Kier alpha value is -3.51. The standard InChI is InChI=1S/C22H17ClN4O2/c1-13-4-3-5-14(2)20(13)27-19(7-6-15-10-16(23)11-25-21(15)28)26-18-12-24-9-8-17(18)22(27)29/h3-12H,1-2H3,(H,25,28)/b7-6+. The molecule has 1 aromatic carbocycles. The summed E-state index contributed by atoms with van der Waals surface area (Å²) in [7, 11) is 0. The zero-order chi connectivity index (χ0) is 20.5. The Morgan fingerprint density at radius 1 is 1.10 bits per heavy atom. The van der Waals surface area contributed by atoms with Crippen molar-refractivity contribution >= 4 is 34.7 Å². The lowest BCUT2D eigenvalue weighted by Crippen LogP contribution is -2.24. The maximum atomic E-state index is 13.4. The van der Waals surface area contributed by atoms with Crippen molar-refractivity contribution in [1.29, 1.82) is 0 Å². The first-order valence-corrected chi connectivity index (χ1v) is 9.29. The van der Waals surface area contributed by atoms with Gasteiger partial charge in [-0.05, 0) is 49.3 Å². The van der Waals surface area contributed by atoms with Gasteiger partial charge in [0.05, 0.1) is 27.8 Å². The second kappa shape index (κ2) is 7.48. The normalized spacial score (nSPS) is 11.4. The van der Waals surface area contributed by atoms with Crippen LogP contribution in [0, 0.1) is 13.8 Å². The molecule has 3 aromatic heterocycles. The molecule has 7 heteroatoms. The van der Waals surface area contributed by atoms with Crippen LogP contribution in [0.2, 0.25) is 5.02 Å². The predicted molar refractivity (Wildman–Crippen MR) is 114 cm³/mol. The number of fused-ring (bicyclic) bond motifs is 1. The molecule has 144 valence electrons. The Balaban J connectivity index is 2.01. The van der Waals surface area contributed by atoms with E-state index < -0.39 is 0 Å². The number of aryl methyl sites for hydroxylation is 2. The SMILES string of the molecule is Cc1cccc(C)c1-n1c(/C=C/c2cc(Cl)cnc2O)nc2cnccc2c1=O. The van der Waals surface area contributed by atoms with Crippen LogP contribution in [-0.2, 0) is 0 Å². The molecule has 3 heterocycles. The van der Waals surface area contributed by atoms with E-state index in [9.17, 15) is 9.90 Å². The molecule has 0 spiro atoms. The first kappa shape index (κ1) is 18.8. The minimum absolute atomic E-state index is 0.158. The first-order chi connectivity index (χ1) is 14.0. The van der Waals surface area contributed by atoms with E-state index in [4.69, 9.17) is 11.6 Å². The number of aromatic nitrogens is 4. The number of hydrogen-bond donors (Lipinski definition) is 1. The molecule has 0 saturated heterocycles. The van der Waals surface area contributed by atoms with Crippen molar-refractivity contribution in [3.8, 4) is 11.6 Å². The molecule has 0 atom stereocenters. The number of pyridine rings is 2. The largest absolute Gasteiger partial charge is 0.493 e. The van der Waals surface area contributed by atoms with Crippen LogP contribution in [0.15, 0.2) is 53.7 Å². The fourth-order valence-electron chi connectivity index (χ4n) is 3.27. The Labute approximate surface area is 171 Å². The number of nitrogens with zero attached hydrogens (tertiary/aromatic N) is 4. The molecule has 0 fully saturated rings. The molecule has 0 aliphatic heterocycles. The van der Waals surface area contributed by atoms with Gasteiger partial charge in [0.15, 0.2) is 0 Å². The average molecular weight is 405 g/mol. The van der Waals surface area contributed by atoms with Gasteiger partial charge >= 0.3 is 0 Å². The van der Waals surface area contributed by atoms with Crippen LogP contribution in [0.5, 0.6) is 5.88 Å². The second-order valence-corrected chi connectivity index (χ2v) is 7.08. The molecule has 0 aliphatic rings. The van der Waals surface area contributed by atoms with E-state index in [2.05, 4.69) is 15.0 Å². The van der Waals surface area contributed by atoms with Crippen molar-refractivity contribution < 1.29 is 5.11 Å². The fourth-order valence-corrected chi connectivity index (χ4v) is 3.44. The van der Waals surface area contributed by atoms with Gasteiger partial charge in [0.25, 0.3) is 5.56 Å². The molecule has 0 unspecified atom stereocenters. The monoisotopic (exact) mass is 404 g/mol. The highest BCUT2D eigenvalue weighted by Gasteiger charge is 2.15. The lowest BCUT2D eigenvalue weighted by Gasteiger charge is -2.16. The number of para-hydroxylation sites is 1. The number of halogens is 1. The van der Waals surface area contributed by atoms with E-state index in [0.29, 0.717) is 27.3 Å². The third kappa shape index (κ3) is 3.50. The van der Waals surface area contributed by atoms with E-state index in [1.54, 1.807) is 41.2 Å². The summed E-state index contributed by atoms with van der Waals surface area (Å²) in [5.74, 6) is 0.251. The summed E-state index contributed by atoms with van der Waals surface area (Å²) in [5.41, 5.74) is 3.40. The summed E-state index contributed by atoms with van der Waals surface area (Å²) >= 11 is 5.98. The Kier molecular flexibility index (Phi) is 4.86. The minimum Gasteiger partial charge on any atom is -0.493 e. The van der Waals surface area contributed by atoms with E-state index in [1.165, 1.54) is 6.20 Å². The lowest BCUT2D eigenvalue weighted by atomic mass is 10.1. The van der Waals surface area contributed by atoms with Crippen molar-refractivity contribution in [2.24, 2.45) is 0 Å². The molecule has 29 heavy (non-hydrogen) atoms. The summed E-state index contributed by atoms with van der Waals surface area (Å²) in [5, 5.41) is 10.9. The van der Waals surface area contributed by atoms with E-state index in [-0.39, 0.29) is 11.4 Å². The molecule has 0 saturated carbocycles. The summed E-state index contributed by atoms with van der Waals surface area (Å²) < 4.78 is 1.58. The smallest absolute Gasteiger partial charge is 0.266 e.